The van der Waals surface area contributed by atoms with Gasteiger partial charge in [0.25, 0.3) is 0 Å². The van der Waals surface area contributed by atoms with Crippen LogP contribution in [0.4, 0.5) is 0 Å². The Labute approximate surface area is 145 Å². The second kappa shape index (κ2) is 5.56. The van der Waals surface area contributed by atoms with Gasteiger partial charge >= 0.3 is 0 Å². The summed E-state index contributed by atoms with van der Waals surface area (Å²) in [5, 5.41) is 2.11. The highest BCUT2D eigenvalue weighted by molar-refractivity contribution is 6.19. The van der Waals surface area contributed by atoms with Crippen molar-refractivity contribution in [3.05, 3.63) is 100.0 Å². The number of hydrogen-bond donors (Lipinski definition) is 1. The van der Waals surface area contributed by atoms with Crippen LogP contribution in [0.2, 0.25) is 0 Å². The van der Waals surface area contributed by atoms with E-state index in [2.05, 4.69) is 69.6 Å². The van der Waals surface area contributed by atoms with Crippen molar-refractivity contribution in [3.8, 4) is 0 Å². The molecular weight excluding hydrogens is 306 g/mol. The first kappa shape index (κ1) is 13.9. The molecule has 3 nitrogen and oxygen atoms in total. The van der Waals surface area contributed by atoms with Crippen LogP contribution in [0.25, 0.3) is 18.2 Å². The van der Waals surface area contributed by atoms with Crippen molar-refractivity contribution in [2.24, 2.45) is 9.98 Å². The van der Waals surface area contributed by atoms with Gasteiger partial charge in [0, 0.05) is 10.7 Å². The van der Waals surface area contributed by atoms with Gasteiger partial charge in [-0.15, -0.1) is 0 Å². The van der Waals surface area contributed by atoms with Crippen molar-refractivity contribution in [2.75, 3.05) is 0 Å². The molecule has 3 aliphatic rings. The van der Waals surface area contributed by atoms with E-state index in [-0.39, 0.29) is 0 Å². The Balaban J connectivity index is 1.74. The predicted molar refractivity (Wildman–Crippen MR) is 104 cm³/mol. The number of aliphatic imine (C=N–C) groups is 2. The summed E-state index contributed by atoms with van der Waals surface area (Å²) >= 11 is 0. The van der Waals surface area contributed by atoms with E-state index in [1.165, 1.54) is 0 Å². The molecule has 8 bridgehead atoms. The van der Waals surface area contributed by atoms with E-state index >= 15 is 0 Å². The lowest BCUT2D eigenvalue weighted by Gasteiger charge is -1.98. The highest BCUT2D eigenvalue weighted by Gasteiger charge is 2.07. The minimum atomic E-state index is 0.920. The number of fused-ring (bicyclic) bond motifs is 6. The van der Waals surface area contributed by atoms with Crippen LogP contribution in [-0.4, -0.2) is 16.4 Å². The molecular formula is C22H15N3. The van der Waals surface area contributed by atoms with Gasteiger partial charge in [-0.2, -0.15) is 0 Å². The summed E-state index contributed by atoms with van der Waals surface area (Å²) < 4.78 is 0. The molecule has 0 amide bonds. The van der Waals surface area contributed by atoms with Crippen molar-refractivity contribution < 1.29 is 0 Å². The van der Waals surface area contributed by atoms with Gasteiger partial charge in [0.1, 0.15) is 0 Å². The zero-order valence-electron chi connectivity index (χ0n) is 13.5. The van der Waals surface area contributed by atoms with E-state index in [4.69, 9.17) is 0 Å². The van der Waals surface area contributed by atoms with Crippen LogP contribution in [-0.2, 0) is 0 Å². The molecule has 0 radical (unpaired) electrons. The number of nitrogens with zero attached hydrogens (tertiary/aromatic N) is 2. The molecule has 2 aromatic rings. The van der Waals surface area contributed by atoms with Crippen LogP contribution < -0.4 is 10.7 Å². The minimum Gasteiger partial charge on any atom is -0.355 e. The molecule has 0 aliphatic carbocycles. The van der Waals surface area contributed by atoms with Gasteiger partial charge in [-0.3, -0.25) is 0 Å². The summed E-state index contributed by atoms with van der Waals surface area (Å²) in [4.78, 5) is 12.7. The summed E-state index contributed by atoms with van der Waals surface area (Å²) in [7, 11) is 0. The number of allylic oxidation sites excluding steroid dienone is 5. The zero-order valence-corrected chi connectivity index (χ0v) is 13.5. The van der Waals surface area contributed by atoms with Gasteiger partial charge in [0.15, 0.2) is 0 Å². The van der Waals surface area contributed by atoms with E-state index in [9.17, 15) is 0 Å². The lowest BCUT2D eigenvalue weighted by Crippen LogP contribution is -2.10. The molecule has 118 valence electrons. The Morgan fingerprint density at radius 3 is 2.04 bits per heavy atom. The summed E-state index contributed by atoms with van der Waals surface area (Å²) in [5.41, 5.74) is 6.03. The normalized spacial score (nSPS) is 17.3. The average Bonchev–Trinajstić information content (AvgIpc) is 3.31. The van der Waals surface area contributed by atoms with Crippen molar-refractivity contribution in [1.29, 1.82) is 0 Å². The molecule has 0 saturated heterocycles. The quantitative estimate of drug-likeness (QED) is 0.775. The molecule has 3 heteroatoms. The third-order valence-electron chi connectivity index (χ3n) is 4.24. The van der Waals surface area contributed by atoms with Crippen molar-refractivity contribution in [2.45, 2.75) is 0 Å². The number of nitrogens with one attached hydrogen (secondary N) is 1. The first-order valence-electron chi connectivity index (χ1n) is 8.26. The van der Waals surface area contributed by atoms with Crippen LogP contribution in [0.3, 0.4) is 0 Å². The fraction of sp³-hybridized carbons (Fsp3) is 0. The number of benzene rings is 1. The molecule has 25 heavy (non-hydrogen) atoms. The summed E-state index contributed by atoms with van der Waals surface area (Å²) in [5.74, 6) is 0. The molecule has 3 aliphatic heterocycles. The van der Waals surface area contributed by atoms with Crippen LogP contribution in [0, 0.1) is 0 Å². The second-order valence-corrected chi connectivity index (χ2v) is 6.21. The maximum Gasteiger partial charge on any atom is 0.0659 e. The largest absolute Gasteiger partial charge is 0.355 e. The Bertz CT molecular complexity index is 1180. The van der Waals surface area contributed by atoms with Gasteiger partial charge in [-0.1, -0.05) is 18.2 Å². The van der Waals surface area contributed by atoms with Crippen LogP contribution in [0.15, 0.2) is 88.2 Å². The first-order chi connectivity index (χ1) is 12.3. The third-order valence-corrected chi connectivity index (χ3v) is 4.24. The Morgan fingerprint density at radius 1 is 0.600 bits per heavy atom. The smallest absolute Gasteiger partial charge is 0.0659 e. The van der Waals surface area contributed by atoms with Gasteiger partial charge in [-0.05, 0) is 77.9 Å². The van der Waals surface area contributed by atoms with Crippen LogP contribution >= 0.6 is 0 Å². The maximum absolute atomic E-state index is 4.66. The van der Waals surface area contributed by atoms with E-state index in [1.54, 1.807) is 0 Å². The molecule has 0 saturated carbocycles. The lowest BCUT2D eigenvalue weighted by atomic mass is 10.1. The summed E-state index contributed by atoms with van der Waals surface area (Å²) in [6.07, 6.45) is 16.4. The lowest BCUT2D eigenvalue weighted by molar-refractivity contribution is 1.27. The summed E-state index contributed by atoms with van der Waals surface area (Å²) in [6.45, 7) is 0. The SMILES string of the molecule is C1=CC2=NC1=Cc1cccc(c1)C=c1ccc([nH]1)=CC1=NC(=C2)C=C1. The maximum atomic E-state index is 4.66. The molecule has 0 unspecified atom stereocenters. The van der Waals surface area contributed by atoms with E-state index < -0.39 is 0 Å². The molecule has 0 atom stereocenters. The molecule has 1 aromatic heterocycles. The Morgan fingerprint density at radius 2 is 1.24 bits per heavy atom. The number of aromatic amines is 1. The van der Waals surface area contributed by atoms with Gasteiger partial charge in [-0.25, -0.2) is 9.98 Å². The van der Waals surface area contributed by atoms with Crippen molar-refractivity contribution >= 4 is 29.7 Å². The first-order valence-corrected chi connectivity index (χ1v) is 8.26. The standard InChI is InChI=1S/C22H15N3/c1-2-15-10-16(3-1)12-18-5-7-20(24-18)14-22-9-8-21(25-22)13-19-6-4-17(11-15)23-19/h1-14,23H. The molecule has 1 aromatic carbocycles. The van der Waals surface area contributed by atoms with E-state index in [1.807, 2.05) is 30.4 Å². The van der Waals surface area contributed by atoms with Crippen molar-refractivity contribution in [3.63, 3.8) is 0 Å². The molecule has 5 rings (SSSR count). The van der Waals surface area contributed by atoms with Crippen LogP contribution in [0.5, 0.6) is 0 Å². The fourth-order valence-corrected chi connectivity index (χ4v) is 3.11. The molecule has 1 N–H and O–H groups in total. The monoisotopic (exact) mass is 321 g/mol. The van der Waals surface area contributed by atoms with E-state index in [0.717, 1.165) is 44.6 Å². The topological polar surface area (TPSA) is 40.5 Å². The zero-order chi connectivity index (χ0) is 16.6. The van der Waals surface area contributed by atoms with Crippen molar-refractivity contribution in [1.82, 2.24) is 4.98 Å². The van der Waals surface area contributed by atoms with E-state index in [0.29, 0.717) is 0 Å². The molecule has 4 heterocycles. The molecule has 0 fully saturated rings. The minimum absolute atomic E-state index is 0.920. The van der Waals surface area contributed by atoms with Gasteiger partial charge in [0.05, 0.1) is 22.8 Å². The number of hydrogen-bond acceptors (Lipinski definition) is 2. The summed E-state index contributed by atoms with van der Waals surface area (Å²) in [6, 6.07) is 12.6. The Hall–Kier alpha value is -3.46. The van der Waals surface area contributed by atoms with Crippen LogP contribution in [0.1, 0.15) is 11.1 Å². The average molecular weight is 321 g/mol. The fourth-order valence-electron chi connectivity index (χ4n) is 3.11. The third kappa shape index (κ3) is 2.88. The number of H-pyrrole nitrogens is 1. The van der Waals surface area contributed by atoms with Gasteiger partial charge in [0.2, 0.25) is 0 Å². The highest BCUT2D eigenvalue weighted by Crippen LogP contribution is 2.18. The Kier molecular flexibility index (Phi) is 3.10. The number of aromatic nitrogens is 1. The highest BCUT2D eigenvalue weighted by atomic mass is 14.8. The second-order valence-electron chi connectivity index (χ2n) is 6.21. The molecule has 0 spiro atoms. The number of rotatable bonds is 0. The predicted octanol–water partition coefficient (Wildman–Crippen LogP) is 2.88. The van der Waals surface area contributed by atoms with Gasteiger partial charge < -0.3 is 4.98 Å².